The first-order valence-electron chi connectivity index (χ1n) is 9.88. The molecule has 1 atom stereocenters. The maximum Gasteiger partial charge on any atom is 0.231 e. The number of methoxy groups -OCH3 is 3. The average Bonchev–Trinajstić information content (AvgIpc) is 3.21. The minimum Gasteiger partial charge on any atom is -0.493 e. The molecular weight excluding hydrogens is 372 g/mol. The van der Waals surface area contributed by atoms with Crippen LogP contribution in [0.1, 0.15) is 18.4 Å². The van der Waals surface area contributed by atoms with Gasteiger partial charge in [0.1, 0.15) is 0 Å². The van der Waals surface area contributed by atoms with E-state index in [0.29, 0.717) is 24.3 Å². The summed E-state index contributed by atoms with van der Waals surface area (Å²) in [7, 11) is 4.94. The predicted octanol–water partition coefficient (Wildman–Crippen LogP) is 3.52. The van der Waals surface area contributed by atoms with E-state index in [-0.39, 0.29) is 0 Å². The Labute approximate surface area is 171 Å². The molecule has 1 unspecified atom stereocenters. The lowest BCUT2D eigenvalue weighted by Crippen LogP contribution is -2.41. The van der Waals surface area contributed by atoms with E-state index in [2.05, 4.69) is 16.3 Å². The van der Waals surface area contributed by atoms with Crippen LogP contribution in [0.2, 0.25) is 0 Å². The van der Waals surface area contributed by atoms with Crippen molar-refractivity contribution in [3.05, 3.63) is 35.9 Å². The van der Waals surface area contributed by atoms with E-state index in [1.54, 1.807) is 21.3 Å². The monoisotopic (exact) mass is 400 g/mol. The summed E-state index contributed by atoms with van der Waals surface area (Å²) in [5, 5.41) is 3.64. The largest absolute Gasteiger partial charge is 0.493 e. The normalized spacial score (nSPS) is 18.4. The first-order valence-corrected chi connectivity index (χ1v) is 9.88. The van der Waals surface area contributed by atoms with Crippen molar-refractivity contribution in [3.63, 3.8) is 0 Å². The second kappa shape index (κ2) is 8.69. The number of anilines is 1. The van der Waals surface area contributed by atoms with E-state index < -0.39 is 0 Å². The molecule has 29 heavy (non-hydrogen) atoms. The average molecular weight is 400 g/mol. The number of likely N-dealkylation sites (tertiary alicyclic amines) is 1. The van der Waals surface area contributed by atoms with Gasteiger partial charge in [-0.1, -0.05) is 6.07 Å². The van der Waals surface area contributed by atoms with Crippen LogP contribution in [-0.4, -0.2) is 52.2 Å². The number of nitrogens with one attached hydrogen (secondary N) is 1. The van der Waals surface area contributed by atoms with E-state index in [9.17, 15) is 0 Å². The number of hydrogen-bond acceptors (Lipinski definition) is 7. The van der Waals surface area contributed by atoms with Gasteiger partial charge in [-0.25, -0.2) is 0 Å². The Morgan fingerprint density at radius 1 is 1.00 bits per heavy atom. The summed E-state index contributed by atoms with van der Waals surface area (Å²) in [4.78, 5) is 2.44. The van der Waals surface area contributed by atoms with Gasteiger partial charge < -0.3 is 29.0 Å². The van der Waals surface area contributed by atoms with E-state index in [0.717, 1.165) is 61.0 Å². The SMILES string of the molecule is COc1ccc(CN2CCCC(Nc3ccc4c(c3)OCO4)C2)c(OC)c1OC. The Kier molecular flexibility index (Phi) is 5.85. The Balaban J connectivity index is 1.44. The molecule has 1 N–H and O–H groups in total. The molecule has 0 bridgehead atoms. The predicted molar refractivity (Wildman–Crippen MR) is 111 cm³/mol. The van der Waals surface area contributed by atoms with Gasteiger partial charge in [-0.05, 0) is 37.6 Å². The standard InChI is InChI=1S/C22H28N2O5/c1-25-19-8-6-15(21(26-2)22(19)27-3)12-24-10-4-5-17(13-24)23-16-7-9-18-20(11-16)29-14-28-18/h6-9,11,17,23H,4-5,10,12-14H2,1-3H3. The molecule has 1 saturated heterocycles. The summed E-state index contributed by atoms with van der Waals surface area (Å²) in [6, 6.07) is 10.4. The fraction of sp³-hybridized carbons (Fsp3) is 0.455. The molecule has 156 valence electrons. The van der Waals surface area contributed by atoms with E-state index in [1.165, 1.54) is 0 Å². The Morgan fingerprint density at radius 2 is 1.83 bits per heavy atom. The zero-order valence-electron chi connectivity index (χ0n) is 17.2. The van der Waals surface area contributed by atoms with Crippen molar-refractivity contribution >= 4 is 5.69 Å². The lowest BCUT2D eigenvalue weighted by molar-refractivity contribution is 0.174. The molecule has 7 nitrogen and oxygen atoms in total. The minimum atomic E-state index is 0.295. The quantitative estimate of drug-likeness (QED) is 0.763. The Bertz CT molecular complexity index is 857. The highest BCUT2D eigenvalue weighted by atomic mass is 16.7. The maximum absolute atomic E-state index is 5.64. The van der Waals surface area contributed by atoms with Crippen LogP contribution < -0.4 is 29.0 Å². The van der Waals surface area contributed by atoms with Crippen molar-refractivity contribution in [3.8, 4) is 28.7 Å². The minimum absolute atomic E-state index is 0.295. The molecule has 7 heteroatoms. The molecule has 0 aromatic heterocycles. The number of benzene rings is 2. The molecule has 4 rings (SSSR count). The number of rotatable bonds is 7. The number of piperidine rings is 1. The van der Waals surface area contributed by atoms with Crippen LogP contribution in [0.15, 0.2) is 30.3 Å². The number of ether oxygens (including phenoxy) is 5. The molecule has 2 heterocycles. The van der Waals surface area contributed by atoms with Crippen LogP contribution in [0.3, 0.4) is 0 Å². The van der Waals surface area contributed by atoms with E-state index in [4.69, 9.17) is 23.7 Å². The van der Waals surface area contributed by atoms with Crippen molar-refractivity contribution in [1.82, 2.24) is 4.90 Å². The Morgan fingerprint density at radius 3 is 2.62 bits per heavy atom. The van der Waals surface area contributed by atoms with Gasteiger partial charge in [-0.2, -0.15) is 0 Å². The number of nitrogens with zero attached hydrogens (tertiary/aromatic N) is 1. The maximum atomic E-state index is 5.64. The molecule has 0 aliphatic carbocycles. The fourth-order valence-corrected chi connectivity index (χ4v) is 4.07. The molecule has 2 aromatic rings. The van der Waals surface area contributed by atoms with Gasteiger partial charge in [0.2, 0.25) is 12.5 Å². The van der Waals surface area contributed by atoms with Crippen LogP contribution in [0.25, 0.3) is 0 Å². The zero-order valence-corrected chi connectivity index (χ0v) is 17.2. The van der Waals surface area contributed by atoms with Crippen molar-refractivity contribution in [1.29, 1.82) is 0 Å². The summed E-state index contributed by atoms with van der Waals surface area (Å²) in [5.74, 6) is 3.66. The summed E-state index contributed by atoms with van der Waals surface area (Å²) in [6.45, 7) is 3.09. The molecular formula is C22H28N2O5. The van der Waals surface area contributed by atoms with Crippen molar-refractivity contribution < 1.29 is 23.7 Å². The first-order chi connectivity index (χ1) is 14.2. The molecule has 0 amide bonds. The van der Waals surface area contributed by atoms with Crippen LogP contribution in [0.5, 0.6) is 28.7 Å². The highest BCUT2D eigenvalue weighted by Gasteiger charge is 2.23. The van der Waals surface area contributed by atoms with Gasteiger partial charge in [0.25, 0.3) is 0 Å². The molecule has 2 aromatic carbocycles. The highest BCUT2D eigenvalue weighted by Crippen LogP contribution is 2.40. The molecule has 0 spiro atoms. The molecule has 1 fully saturated rings. The van der Waals surface area contributed by atoms with Gasteiger partial charge in [0, 0.05) is 36.4 Å². The highest BCUT2D eigenvalue weighted by molar-refractivity contribution is 5.57. The lowest BCUT2D eigenvalue weighted by Gasteiger charge is -2.34. The third-order valence-electron chi connectivity index (χ3n) is 5.43. The van der Waals surface area contributed by atoms with Gasteiger partial charge in [-0.15, -0.1) is 0 Å². The second-order valence-electron chi connectivity index (χ2n) is 7.28. The number of fused-ring (bicyclic) bond motifs is 1. The third-order valence-corrected chi connectivity index (χ3v) is 5.43. The van der Waals surface area contributed by atoms with Crippen molar-refractivity contribution in [2.24, 2.45) is 0 Å². The van der Waals surface area contributed by atoms with Crippen molar-refractivity contribution in [2.45, 2.75) is 25.4 Å². The zero-order chi connectivity index (χ0) is 20.2. The fourth-order valence-electron chi connectivity index (χ4n) is 4.07. The third kappa shape index (κ3) is 4.15. The van der Waals surface area contributed by atoms with Crippen LogP contribution in [0.4, 0.5) is 5.69 Å². The lowest BCUT2D eigenvalue weighted by atomic mass is 10.0. The molecule has 0 saturated carbocycles. The van der Waals surface area contributed by atoms with Crippen LogP contribution in [0, 0.1) is 0 Å². The van der Waals surface area contributed by atoms with Crippen molar-refractivity contribution in [2.75, 3.05) is 46.5 Å². The summed E-state index contributed by atoms with van der Waals surface area (Å²) >= 11 is 0. The van der Waals surface area contributed by atoms with Gasteiger partial charge in [-0.3, -0.25) is 4.90 Å². The summed E-state index contributed by atoms with van der Waals surface area (Å²) in [6.07, 6.45) is 2.27. The number of hydrogen-bond donors (Lipinski definition) is 1. The Hall–Kier alpha value is -2.80. The van der Waals surface area contributed by atoms with Crippen LogP contribution in [-0.2, 0) is 6.54 Å². The van der Waals surface area contributed by atoms with Gasteiger partial charge in [0.15, 0.2) is 23.0 Å². The van der Waals surface area contributed by atoms with E-state index >= 15 is 0 Å². The molecule has 0 radical (unpaired) electrons. The van der Waals surface area contributed by atoms with Crippen LogP contribution >= 0.6 is 0 Å². The summed E-state index contributed by atoms with van der Waals surface area (Å²) in [5.41, 5.74) is 2.15. The smallest absolute Gasteiger partial charge is 0.231 e. The van der Waals surface area contributed by atoms with Gasteiger partial charge >= 0.3 is 0 Å². The molecule has 2 aliphatic rings. The van der Waals surface area contributed by atoms with Gasteiger partial charge in [0.05, 0.1) is 21.3 Å². The topological polar surface area (TPSA) is 61.4 Å². The van der Waals surface area contributed by atoms with E-state index in [1.807, 2.05) is 24.3 Å². The first kappa shape index (κ1) is 19.5. The molecule has 2 aliphatic heterocycles. The summed E-state index contributed by atoms with van der Waals surface area (Å²) < 4.78 is 27.4. The second-order valence-corrected chi connectivity index (χ2v) is 7.28.